The molecule has 6 heteroatoms. The molecule has 0 saturated carbocycles. The fraction of sp³-hybridized carbons (Fsp3) is 0.579. The Kier molecular flexibility index (Phi) is 5.58. The van der Waals surface area contributed by atoms with Crippen LogP contribution in [-0.4, -0.2) is 53.4 Å². The molecule has 2 aliphatic rings. The van der Waals surface area contributed by atoms with Crippen LogP contribution in [0.5, 0.6) is 5.75 Å². The summed E-state index contributed by atoms with van der Waals surface area (Å²) in [6.07, 6.45) is 4.52. The average molecular weight is 345 g/mol. The Hall–Kier alpha value is -2.08. The number of amides is 2. The highest BCUT2D eigenvalue weighted by molar-refractivity contribution is 5.75. The van der Waals surface area contributed by atoms with Crippen molar-refractivity contribution >= 4 is 11.8 Å². The minimum Gasteiger partial charge on any atom is -0.484 e. The number of hydrogen-bond donors (Lipinski definition) is 1. The van der Waals surface area contributed by atoms with E-state index in [1.54, 1.807) is 6.92 Å². The highest BCUT2D eigenvalue weighted by atomic mass is 16.5. The van der Waals surface area contributed by atoms with Crippen LogP contribution in [0, 0.1) is 0 Å². The Labute approximate surface area is 148 Å². The minimum absolute atomic E-state index is 0.106. The van der Waals surface area contributed by atoms with Gasteiger partial charge >= 0.3 is 0 Å². The molecule has 2 saturated heterocycles. The van der Waals surface area contributed by atoms with Crippen LogP contribution >= 0.6 is 0 Å². The van der Waals surface area contributed by atoms with Gasteiger partial charge in [-0.05, 0) is 49.9 Å². The molecule has 2 fully saturated rings. The molecule has 0 aromatic heterocycles. The van der Waals surface area contributed by atoms with E-state index in [1.807, 2.05) is 18.2 Å². The average Bonchev–Trinajstić information content (AvgIpc) is 3.21. The maximum atomic E-state index is 11.9. The van der Waals surface area contributed by atoms with Gasteiger partial charge in [0.05, 0.1) is 0 Å². The molecule has 2 heterocycles. The quantitative estimate of drug-likeness (QED) is 0.848. The summed E-state index contributed by atoms with van der Waals surface area (Å²) in [5, 5.41) is 0. The molecule has 0 aliphatic carbocycles. The second-order valence-electron chi connectivity index (χ2n) is 7.00. The topological polar surface area (TPSA) is 75.9 Å². The Balaban J connectivity index is 1.66. The highest BCUT2D eigenvalue weighted by Crippen LogP contribution is 2.31. The number of nitrogens with zero attached hydrogens (tertiary/aromatic N) is 2. The van der Waals surface area contributed by atoms with Crippen molar-refractivity contribution < 1.29 is 14.3 Å². The molecule has 0 bridgehead atoms. The molecule has 136 valence electrons. The first-order valence-electron chi connectivity index (χ1n) is 9.06. The predicted molar refractivity (Wildman–Crippen MR) is 95.0 cm³/mol. The molecule has 0 radical (unpaired) electrons. The molecule has 3 rings (SSSR count). The van der Waals surface area contributed by atoms with Gasteiger partial charge in [-0.2, -0.15) is 0 Å². The summed E-state index contributed by atoms with van der Waals surface area (Å²) < 4.78 is 5.40. The number of carbonyl (C=O) groups excluding carboxylic acids is 2. The Morgan fingerprint density at radius 3 is 2.72 bits per heavy atom. The summed E-state index contributed by atoms with van der Waals surface area (Å²) in [6.45, 7) is 4.35. The van der Waals surface area contributed by atoms with Crippen LogP contribution in [0.3, 0.4) is 0 Å². The molecule has 25 heavy (non-hydrogen) atoms. The molecule has 2 atom stereocenters. The van der Waals surface area contributed by atoms with Crippen LogP contribution in [-0.2, 0) is 16.1 Å². The molecule has 2 amide bonds. The summed E-state index contributed by atoms with van der Waals surface area (Å²) in [4.78, 5) is 27.3. The third kappa shape index (κ3) is 4.31. The summed E-state index contributed by atoms with van der Waals surface area (Å²) in [5.41, 5.74) is 6.29. The van der Waals surface area contributed by atoms with Crippen molar-refractivity contribution in [3.05, 3.63) is 29.8 Å². The lowest BCUT2D eigenvalue weighted by atomic mass is 10.0. The summed E-state index contributed by atoms with van der Waals surface area (Å²) in [7, 11) is 0. The van der Waals surface area contributed by atoms with E-state index in [4.69, 9.17) is 10.5 Å². The number of ether oxygens (including phenoxy) is 1. The maximum absolute atomic E-state index is 11.9. The number of carbonyl (C=O) groups is 2. The number of nitrogens with two attached hydrogens (primary N) is 1. The van der Waals surface area contributed by atoms with Crippen molar-refractivity contribution in [3.8, 4) is 5.75 Å². The molecule has 6 nitrogen and oxygen atoms in total. The van der Waals surface area contributed by atoms with E-state index in [9.17, 15) is 9.59 Å². The van der Waals surface area contributed by atoms with Crippen molar-refractivity contribution in [2.45, 2.75) is 51.2 Å². The molecule has 0 spiro atoms. The van der Waals surface area contributed by atoms with Crippen molar-refractivity contribution in [2.75, 3.05) is 19.7 Å². The molecular formula is C19H27N3O3. The van der Waals surface area contributed by atoms with E-state index in [0.29, 0.717) is 17.8 Å². The number of likely N-dealkylation sites (tertiary alicyclic amines) is 2. The predicted octanol–water partition coefficient (Wildman–Crippen LogP) is 1.53. The first-order valence-corrected chi connectivity index (χ1v) is 9.06. The first-order chi connectivity index (χ1) is 12.0. The lowest BCUT2D eigenvalue weighted by molar-refractivity contribution is -0.130. The van der Waals surface area contributed by atoms with Gasteiger partial charge in [0.25, 0.3) is 5.91 Å². The first kappa shape index (κ1) is 17.7. The molecule has 0 unspecified atom stereocenters. The molecule has 1 aromatic rings. The molecular weight excluding hydrogens is 318 g/mol. The van der Waals surface area contributed by atoms with Gasteiger partial charge in [0.1, 0.15) is 5.75 Å². The van der Waals surface area contributed by atoms with Crippen molar-refractivity contribution in [3.63, 3.8) is 0 Å². The maximum Gasteiger partial charge on any atom is 0.255 e. The van der Waals surface area contributed by atoms with Crippen LogP contribution < -0.4 is 10.5 Å². The van der Waals surface area contributed by atoms with Gasteiger partial charge in [0.15, 0.2) is 6.61 Å². The van der Waals surface area contributed by atoms with Crippen LogP contribution in [0.2, 0.25) is 0 Å². The Morgan fingerprint density at radius 1 is 1.20 bits per heavy atom. The third-order valence-corrected chi connectivity index (χ3v) is 5.23. The van der Waals surface area contributed by atoms with Gasteiger partial charge in [0, 0.05) is 32.1 Å². The highest BCUT2D eigenvalue weighted by Gasteiger charge is 2.38. The van der Waals surface area contributed by atoms with E-state index in [-0.39, 0.29) is 12.5 Å². The van der Waals surface area contributed by atoms with E-state index in [0.717, 1.165) is 44.5 Å². The molecule has 2 aliphatic heterocycles. The van der Waals surface area contributed by atoms with Gasteiger partial charge in [-0.3, -0.25) is 14.5 Å². The Bertz CT molecular complexity index is 634. The fourth-order valence-corrected chi connectivity index (χ4v) is 4.19. The zero-order valence-electron chi connectivity index (χ0n) is 14.8. The van der Waals surface area contributed by atoms with Crippen LogP contribution in [0.1, 0.15) is 38.2 Å². The zero-order chi connectivity index (χ0) is 17.8. The van der Waals surface area contributed by atoms with Crippen LogP contribution in [0.25, 0.3) is 0 Å². The van der Waals surface area contributed by atoms with Gasteiger partial charge in [0.2, 0.25) is 5.91 Å². The number of primary amides is 1. The number of hydrogen-bond acceptors (Lipinski definition) is 4. The largest absolute Gasteiger partial charge is 0.484 e. The van der Waals surface area contributed by atoms with Crippen molar-refractivity contribution in [2.24, 2.45) is 5.73 Å². The van der Waals surface area contributed by atoms with E-state index >= 15 is 0 Å². The lowest BCUT2D eigenvalue weighted by Crippen LogP contribution is -2.47. The zero-order valence-corrected chi connectivity index (χ0v) is 14.8. The smallest absolute Gasteiger partial charge is 0.255 e. The van der Waals surface area contributed by atoms with Crippen molar-refractivity contribution in [1.29, 1.82) is 0 Å². The monoisotopic (exact) mass is 345 g/mol. The van der Waals surface area contributed by atoms with E-state index in [1.165, 1.54) is 6.42 Å². The van der Waals surface area contributed by atoms with Crippen LogP contribution in [0.4, 0.5) is 0 Å². The second kappa shape index (κ2) is 7.87. The third-order valence-electron chi connectivity index (χ3n) is 5.23. The van der Waals surface area contributed by atoms with Crippen LogP contribution in [0.15, 0.2) is 24.3 Å². The Morgan fingerprint density at radius 2 is 1.96 bits per heavy atom. The van der Waals surface area contributed by atoms with E-state index in [2.05, 4.69) is 15.9 Å². The SMILES string of the molecule is CC(=O)N1CCC[C@@H]1[C@@H]1CCCN1Cc1cccc(OCC(N)=O)c1. The van der Waals surface area contributed by atoms with E-state index < -0.39 is 5.91 Å². The standard InChI is InChI=1S/C19H27N3O3/c1-14(23)22-10-4-8-18(22)17-7-3-9-21(17)12-15-5-2-6-16(11-15)25-13-19(20)24/h2,5-6,11,17-18H,3-4,7-10,12-13H2,1H3,(H2,20,24)/t17-,18+/m0/s1. The molecule has 2 N–H and O–H groups in total. The summed E-state index contributed by atoms with van der Waals surface area (Å²) >= 11 is 0. The van der Waals surface area contributed by atoms with Gasteiger partial charge in [-0.1, -0.05) is 12.1 Å². The number of rotatable bonds is 6. The minimum atomic E-state index is -0.476. The summed E-state index contributed by atoms with van der Waals surface area (Å²) in [5.74, 6) is 0.380. The summed E-state index contributed by atoms with van der Waals surface area (Å²) in [6, 6.07) is 8.59. The van der Waals surface area contributed by atoms with Gasteiger partial charge in [-0.25, -0.2) is 0 Å². The van der Waals surface area contributed by atoms with Gasteiger partial charge < -0.3 is 15.4 Å². The second-order valence-corrected chi connectivity index (χ2v) is 7.00. The molecule has 1 aromatic carbocycles. The fourth-order valence-electron chi connectivity index (χ4n) is 4.19. The normalized spacial score (nSPS) is 23.8. The number of benzene rings is 1. The van der Waals surface area contributed by atoms with Crippen molar-refractivity contribution in [1.82, 2.24) is 9.80 Å². The lowest BCUT2D eigenvalue weighted by Gasteiger charge is -2.34. The van der Waals surface area contributed by atoms with Gasteiger partial charge in [-0.15, -0.1) is 0 Å².